The van der Waals surface area contributed by atoms with E-state index < -0.39 is 0 Å². The number of hydrogen-bond acceptors (Lipinski definition) is 3. The number of H-pyrrole nitrogens is 1. The maximum Gasteiger partial charge on any atom is 0.253 e. The molecule has 1 spiro atoms. The molecule has 2 aromatic rings. The largest absolute Gasteiger partial charge is 0.348 e. The summed E-state index contributed by atoms with van der Waals surface area (Å²) in [5, 5.41) is 4.30. The number of carbonyl (C=O) groups excluding carboxylic acids is 1. The third kappa shape index (κ3) is 2.54. The van der Waals surface area contributed by atoms with E-state index >= 15 is 0 Å². The number of imidazole rings is 1. The molecule has 2 aliphatic heterocycles. The quantitative estimate of drug-likeness (QED) is 0.843. The highest BCUT2D eigenvalue weighted by atomic mass is 35.5. The maximum absolute atomic E-state index is 12.6. The molecule has 1 aromatic heterocycles. The summed E-state index contributed by atoms with van der Waals surface area (Å²) in [6, 6.07) is 7.11. The summed E-state index contributed by atoms with van der Waals surface area (Å²) in [7, 11) is 0. The summed E-state index contributed by atoms with van der Waals surface area (Å²) in [5.41, 5.74) is 3.00. The lowest BCUT2D eigenvalue weighted by Crippen LogP contribution is -2.55. The number of benzene rings is 1. The molecule has 1 amide bonds. The number of carbonyl (C=O) groups is 1. The minimum Gasteiger partial charge on any atom is -0.348 e. The second-order valence-corrected chi connectivity index (χ2v) is 6.72. The molecule has 5 nitrogen and oxygen atoms in total. The van der Waals surface area contributed by atoms with Crippen molar-refractivity contribution < 1.29 is 4.79 Å². The average molecular weight is 331 g/mol. The fraction of sp³-hybridized carbons (Fsp3) is 0.412. The van der Waals surface area contributed by atoms with Gasteiger partial charge in [-0.2, -0.15) is 0 Å². The number of fused-ring (bicyclic) bond motifs is 2. The van der Waals surface area contributed by atoms with Gasteiger partial charge in [-0.25, -0.2) is 4.98 Å². The lowest BCUT2D eigenvalue weighted by atomic mass is 9.80. The number of aromatic nitrogens is 2. The molecule has 2 aliphatic rings. The fourth-order valence-corrected chi connectivity index (χ4v) is 3.84. The monoisotopic (exact) mass is 330 g/mol. The molecule has 0 atom stereocenters. The first-order chi connectivity index (χ1) is 11.2. The molecule has 0 aliphatic carbocycles. The van der Waals surface area contributed by atoms with Crippen LogP contribution < -0.4 is 5.32 Å². The van der Waals surface area contributed by atoms with E-state index in [1.165, 1.54) is 5.69 Å². The maximum atomic E-state index is 12.6. The molecule has 1 saturated heterocycles. The average Bonchev–Trinajstić information content (AvgIpc) is 3.06. The summed E-state index contributed by atoms with van der Waals surface area (Å²) in [4.78, 5) is 22.3. The van der Waals surface area contributed by atoms with Gasteiger partial charge in [0.25, 0.3) is 5.91 Å². The Kier molecular flexibility index (Phi) is 3.62. The van der Waals surface area contributed by atoms with Gasteiger partial charge in [-0.05, 0) is 37.1 Å². The minimum atomic E-state index is -0.0790. The van der Waals surface area contributed by atoms with Gasteiger partial charge in [-0.3, -0.25) is 4.79 Å². The van der Waals surface area contributed by atoms with Gasteiger partial charge in [-0.15, -0.1) is 0 Å². The van der Waals surface area contributed by atoms with Crippen LogP contribution in [0, 0.1) is 0 Å². The second kappa shape index (κ2) is 5.65. The molecular weight excluding hydrogens is 312 g/mol. The first-order valence-corrected chi connectivity index (χ1v) is 8.38. The highest BCUT2D eigenvalue weighted by Gasteiger charge is 2.42. The van der Waals surface area contributed by atoms with E-state index in [9.17, 15) is 4.79 Å². The first kappa shape index (κ1) is 14.7. The van der Waals surface area contributed by atoms with Crippen molar-refractivity contribution in [3.63, 3.8) is 0 Å². The molecule has 1 fully saturated rings. The molecule has 23 heavy (non-hydrogen) atoms. The molecular formula is C17H19ClN4O. The number of hydrogen-bond donors (Lipinski definition) is 2. The Hall–Kier alpha value is -1.85. The number of piperidine rings is 1. The van der Waals surface area contributed by atoms with Crippen molar-refractivity contribution >= 4 is 17.5 Å². The third-order valence-electron chi connectivity index (χ3n) is 5.01. The number of nitrogens with zero attached hydrogens (tertiary/aromatic N) is 2. The summed E-state index contributed by atoms with van der Waals surface area (Å²) in [5.74, 6) is 0.0783. The van der Waals surface area contributed by atoms with E-state index in [0.29, 0.717) is 10.6 Å². The zero-order valence-electron chi connectivity index (χ0n) is 12.8. The van der Waals surface area contributed by atoms with Crippen LogP contribution in [0.2, 0.25) is 5.02 Å². The predicted molar refractivity (Wildman–Crippen MR) is 88.6 cm³/mol. The van der Waals surface area contributed by atoms with Crippen molar-refractivity contribution in [3.8, 4) is 0 Å². The number of aromatic amines is 1. The van der Waals surface area contributed by atoms with Crippen molar-refractivity contribution in [1.29, 1.82) is 0 Å². The molecule has 4 rings (SSSR count). The fourth-order valence-electron chi connectivity index (χ4n) is 3.71. The van der Waals surface area contributed by atoms with Crippen LogP contribution in [0.25, 0.3) is 0 Å². The van der Waals surface area contributed by atoms with Gasteiger partial charge in [-0.1, -0.05) is 11.6 Å². The van der Waals surface area contributed by atoms with Crippen molar-refractivity contribution in [2.24, 2.45) is 0 Å². The van der Waals surface area contributed by atoms with Crippen LogP contribution in [0.4, 0.5) is 0 Å². The van der Waals surface area contributed by atoms with Gasteiger partial charge in [0.1, 0.15) is 0 Å². The lowest BCUT2D eigenvalue weighted by Gasteiger charge is -2.44. The summed E-state index contributed by atoms with van der Waals surface area (Å²) < 4.78 is 0. The Morgan fingerprint density at radius 2 is 1.96 bits per heavy atom. The SMILES string of the molecule is O=C(c1ccc(Cl)cc1)N1CCC2(CC1)NCCc1[nH]cnc12. The van der Waals surface area contributed by atoms with E-state index in [1.54, 1.807) is 30.6 Å². The number of amides is 1. The van der Waals surface area contributed by atoms with Crippen LogP contribution >= 0.6 is 11.6 Å². The van der Waals surface area contributed by atoms with Gasteiger partial charge >= 0.3 is 0 Å². The van der Waals surface area contributed by atoms with Gasteiger partial charge < -0.3 is 15.2 Å². The third-order valence-corrected chi connectivity index (χ3v) is 5.26. The van der Waals surface area contributed by atoms with E-state index in [1.807, 2.05) is 4.90 Å². The van der Waals surface area contributed by atoms with Gasteiger partial charge in [0.15, 0.2) is 0 Å². The molecule has 120 valence electrons. The van der Waals surface area contributed by atoms with Crippen LogP contribution in [0.1, 0.15) is 34.6 Å². The molecule has 0 bridgehead atoms. The normalized spacial score (nSPS) is 19.6. The van der Waals surface area contributed by atoms with E-state index in [2.05, 4.69) is 15.3 Å². The van der Waals surface area contributed by atoms with Crippen LogP contribution in [0.15, 0.2) is 30.6 Å². The Labute approximate surface area is 140 Å². The Balaban J connectivity index is 1.50. The summed E-state index contributed by atoms with van der Waals surface area (Å²) >= 11 is 5.89. The van der Waals surface area contributed by atoms with Crippen molar-refractivity contribution in [1.82, 2.24) is 20.2 Å². The molecule has 0 unspecified atom stereocenters. The predicted octanol–water partition coefficient (Wildman–Crippen LogP) is 2.34. The molecule has 0 saturated carbocycles. The van der Waals surface area contributed by atoms with Crippen molar-refractivity contribution in [3.05, 3.63) is 52.6 Å². The Bertz CT molecular complexity index is 716. The highest BCUT2D eigenvalue weighted by Crippen LogP contribution is 2.36. The Morgan fingerprint density at radius 1 is 1.22 bits per heavy atom. The molecule has 1 aromatic carbocycles. The topological polar surface area (TPSA) is 61.0 Å². The summed E-state index contributed by atoms with van der Waals surface area (Å²) in [6.45, 7) is 2.43. The van der Waals surface area contributed by atoms with Crippen LogP contribution in [0.5, 0.6) is 0 Å². The van der Waals surface area contributed by atoms with Crippen molar-refractivity contribution in [2.75, 3.05) is 19.6 Å². The molecule has 0 radical (unpaired) electrons. The summed E-state index contributed by atoms with van der Waals surface area (Å²) in [6.07, 6.45) is 4.56. The van der Waals surface area contributed by atoms with Gasteiger partial charge in [0.2, 0.25) is 0 Å². The minimum absolute atomic E-state index is 0.0783. The number of nitrogens with one attached hydrogen (secondary N) is 2. The number of likely N-dealkylation sites (tertiary alicyclic amines) is 1. The smallest absolute Gasteiger partial charge is 0.253 e. The highest BCUT2D eigenvalue weighted by molar-refractivity contribution is 6.30. The van der Waals surface area contributed by atoms with E-state index in [0.717, 1.165) is 44.6 Å². The Morgan fingerprint density at radius 3 is 2.70 bits per heavy atom. The molecule has 6 heteroatoms. The zero-order chi connectivity index (χ0) is 15.9. The van der Waals surface area contributed by atoms with Crippen molar-refractivity contribution in [2.45, 2.75) is 24.8 Å². The zero-order valence-corrected chi connectivity index (χ0v) is 13.6. The number of rotatable bonds is 1. The van der Waals surface area contributed by atoms with Gasteiger partial charge in [0.05, 0.1) is 17.6 Å². The first-order valence-electron chi connectivity index (χ1n) is 8.01. The number of halogens is 1. The molecule has 2 N–H and O–H groups in total. The standard InChI is InChI=1S/C17H19ClN4O/c18-13-3-1-12(2-4-13)16(23)22-9-6-17(7-10-22)15-14(5-8-21-17)19-11-20-15/h1-4,11,21H,5-10H2,(H,19,20). The molecule has 3 heterocycles. The van der Waals surface area contributed by atoms with Gasteiger partial charge in [0, 0.05) is 42.3 Å². The van der Waals surface area contributed by atoms with Crippen LogP contribution in [-0.4, -0.2) is 40.4 Å². The van der Waals surface area contributed by atoms with Crippen LogP contribution in [-0.2, 0) is 12.0 Å². The van der Waals surface area contributed by atoms with E-state index in [-0.39, 0.29) is 11.4 Å². The van der Waals surface area contributed by atoms with E-state index in [4.69, 9.17) is 11.6 Å². The van der Waals surface area contributed by atoms with Crippen LogP contribution in [0.3, 0.4) is 0 Å². The lowest BCUT2D eigenvalue weighted by molar-refractivity contribution is 0.0626. The second-order valence-electron chi connectivity index (χ2n) is 6.29.